The van der Waals surface area contributed by atoms with Crippen molar-refractivity contribution in [3.8, 4) is 12.1 Å². The van der Waals surface area contributed by atoms with Gasteiger partial charge in [-0.2, -0.15) is 10.5 Å². The second-order valence-electron chi connectivity index (χ2n) is 4.09. The summed E-state index contributed by atoms with van der Waals surface area (Å²) < 4.78 is 0. The summed E-state index contributed by atoms with van der Waals surface area (Å²) in [7, 11) is 0. The van der Waals surface area contributed by atoms with Crippen molar-refractivity contribution < 1.29 is 0 Å². The van der Waals surface area contributed by atoms with Gasteiger partial charge in [-0.25, -0.2) is 0 Å². The van der Waals surface area contributed by atoms with Gasteiger partial charge >= 0.3 is 0 Å². The van der Waals surface area contributed by atoms with Gasteiger partial charge < -0.3 is 0 Å². The van der Waals surface area contributed by atoms with Crippen LogP contribution in [0.5, 0.6) is 0 Å². The van der Waals surface area contributed by atoms with E-state index < -0.39 is 0 Å². The Hall–Kier alpha value is -1.02. The van der Waals surface area contributed by atoms with Gasteiger partial charge in [-0.15, -0.1) is 0 Å². The summed E-state index contributed by atoms with van der Waals surface area (Å²) >= 11 is 0. The fraction of sp³-hybridized carbons (Fsp3) is 0.800. The number of hydrogen-bond donors (Lipinski definition) is 0. The molecule has 64 valence electrons. The molecule has 1 rings (SSSR count). The second kappa shape index (κ2) is 3.15. The molecule has 0 spiro atoms. The number of hydrogen-bond acceptors (Lipinski definition) is 2. The maximum absolute atomic E-state index is 8.98. The Balaban J connectivity index is 2.75. The molecule has 0 aromatic rings. The van der Waals surface area contributed by atoms with Gasteiger partial charge in [-0.1, -0.05) is 13.8 Å². The first-order valence-corrected chi connectivity index (χ1v) is 4.42. The van der Waals surface area contributed by atoms with Crippen molar-refractivity contribution in [3.63, 3.8) is 0 Å². The summed E-state index contributed by atoms with van der Waals surface area (Å²) in [5, 5.41) is 17.6. The van der Waals surface area contributed by atoms with Gasteiger partial charge in [0.25, 0.3) is 0 Å². The molecular formula is C10H14N2. The molecule has 1 aliphatic carbocycles. The van der Waals surface area contributed by atoms with Crippen LogP contribution in [0.3, 0.4) is 0 Å². The van der Waals surface area contributed by atoms with E-state index in [0.717, 1.165) is 12.8 Å². The van der Waals surface area contributed by atoms with E-state index in [0.29, 0.717) is 18.3 Å². The third-order valence-electron chi connectivity index (χ3n) is 3.05. The summed E-state index contributed by atoms with van der Waals surface area (Å²) in [6.45, 7) is 4.34. The SMILES string of the molecule is C[C@H]1CC(C#N)(CC#N)C[C@@H]1C. The van der Waals surface area contributed by atoms with Crippen molar-refractivity contribution in [3.05, 3.63) is 0 Å². The van der Waals surface area contributed by atoms with E-state index in [1.54, 1.807) is 0 Å². The fourth-order valence-corrected chi connectivity index (χ4v) is 2.14. The molecule has 0 aromatic heterocycles. The Kier molecular flexibility index (Phi) is 2.38. The number of rotatable bonds is 1. The molecule has 0 N–H and O–H groups in total. The van der Waals surface area contributed by atoms with Crippen LogP contribution in [0.4, 0.5) is 0 Å². The van der Waals surface area contributed by atoms with Crippen LogP contribution in [0, 0.1) is 39.9 Å². The highest BCUT2D eigenvalue weighted by Crippen LogP contribution is 2.46. The standard InChI is InChI=1S/C10H14N2/c1-8-5-10(7-12,3-4-11)6-9(8)2/h8-9H,3,5-6H2,1-2H3/t8-,9-/m0/s1. The first kappa shape index (κ1) is 9.07. The lowest BCUT2D eigenvalue weighted by molar-refractivity contribution is 0.401. The average Bonchev–Trinajstić information content (AvgIpc) is 2.30. The van der Waals surface area contributed by atoms with Crippen molar-refractivity contribution in [2.75, 3.05) is 0 Å². The molecule has 1 aliphatic rings. The summed E-state index contributed by atoms with van der Waals surface area (Å²) in [5.74, 6) is 1.19. The Bertz CT molecular complexity index is 234. The summed E-state index contributed by atoms with van der Waals surface area (Å²) in [4.78, 5) is 0. The van der Waals surface area contributed by atoms with E-state index in [-0.39, 0.29) is 5.41 Å². The molecule has 2 heteroatoms. The van der Waals surface area contributed by atoms with Crippen LogP contribution >= 0.6 is 0 Å². The third-order valence-corrected chi connectivity index (χ3v) is 3.05. The van der Waals surface area contributed by atoms with Gasteiger partial charge in [0, 0.05) is 0 Å². The molecular weight excluding hydrogens is 148 g/mol. The summed E-state index contributed by atoms with van der Waals surface area (Å²) in [6, 6.07) is 4.44. The van der Waals surface area contributed by atoms with Crippen LogP contribution in [-0.2, 0) is 0 Å². The van der Waals surface area contributed by atoms with E-state index >= 15 is 0 Å². The van der Waals surface area contributed by atoms with Crippen molar-refractivity contribution in [2.24, 2.45) is 17.3 Å². The molecule has 1 saturated carbocycles. The fourth-order valence-electron chi connectivity index (χ4n) is 2.14. The monoisotopic (exact) mass is 162 g/mol. The Morgan fingerprint density at radius 1 is 1.25 bits per heavy atom. The van der Waals surface area contributed by atoms with E-state index in [1.807, 2.05) is 0 Å². The molecule has 2 nitrogen and oxygen atoms in total. The third kappa shape index (κ3) is 1.43. The Morgan fingerprint density at radius 3 is 2.08 bits per heavy atom. The zero-order valence-corrected chi connectivity index (χ0v) is 7.67. The second-order valence-corrected chi connectivity index (χ2v) is 4.09. The molecule has 0 aromatic carbocycles. The van der Waals surface area contributed by atoms with Crippen molar-refractivity contribution in [1.29, 1.82) is 10.5 Å². The zero-order chi connectivity index (χ0) is 9.19. The van der Waals surface area contributed by atoms with Crippen molar-refractivity contribution in [1.82, 2.24) is 0 Å². The maximum Gasteiger partial charge on any atom is 0.0709 e. The first-order valence-electron chi connectivity index (χ1n) is 4.42. The highest BCUT2D eigenvalue weighted by atomic mass is 14.5. The topological polar surface area (TPSA) is 47.6 Å². The van der Waals surface area contributed by atoms with Gasteiger partial charge in [0.15, 0.2) is 0 Å². The van der Waals surface area contributed by atoms with E-state index in [1.165, 1.54) is 0 Å². The molecule has 1 fully saturated rings. The lowest BCUT2D eigenvalue weighted by atomic mass is 9.84. The minimum atomic E-state index is -0.326. The van der Waals surface area contributed by atoms with Gasteiger partial charge in [0.1, 0.15) is 0 Å². The average molecular weight is 162 g/mol. The van der Waals surface area contributed by atoms with Crippen LogP contribution < -0.4 is 0 Å². The highest BCUT2D eigenvalue weighted by Gasteiger charge is 2.41. The molecule has 0 bridgehead atoms. The normalized spacial score (nSPS) is 32.3. The molecule has 0 radical (unpaired) electrons. The van der Waals surface area contributed by atoms with Crippen molar-refractivity contribution >= 4 is 0 Å². The molecule has 0 heterocycles. The molecule has 0 aliphatic heterocycles. The Morgan fingerprint density at radius 2 is 1.75 bits per heavy atom. The van der Waals surface area contributed by atoms with E-state index in [9.17, 15) is 0 Å². The predicted molar refractivity (Wildman–Crippen MR) is 45.8 cm³/mol. The molecule has 12 heavy (non-hydrogen) atoms. The van der Waals surface area contributed by atoms with Gasteiger partial charge in [-0.05, 0) is 24.7 Å². The predicted octanol–water partition coefficient (Wildman–Crippen LogP) is 2.48. The first-order chi connectivity index (χ1) is 5.63. The smallest absolute Gasteiger partial charge is 0.0709 e. The van der Waals surface area contributed by atoms with Crippen LogP contribution in [0.15, 0.2) is 0 Å². The molecule has 2 atom stereocenters. The van der Waals surface area contributed by atoms with E-state index in [4.69, 9.17) is 10.5 Å². The van der Waals surface area contributed by atoms with Crippen LogP contribution in [0.25, 0.3) is 0 Å². The zero-order valence-electron chi connectivity index (χ0n) is 7.67. The van der Waals surface area contributed by atoms with Crippen LogP contribution in [0.1, 0.15) is 33.1 Å². The van der Waals surface area contributed by atoms with Crippen LogP contribution in [0.2, 0.25) is 0 Å². The molecule has 0 saturated heterocycles. The van der Waals surface area contributed by atoms with Gasteiger partial charge in [-0.3, -0.25) is 0 Å². The minimum Gasteiger partial charge on any atom is -0.198 e. The molecule has 0 amide bonds. The maximum atomic E-state index is 8.98. The van der Waals surface area contributed by atoms with E-state index in [2.05, 4.69) is 26.0 Å². The lowest BCUT2D eigenvalue weighted by Gasteiger charge is -2.15. The van der Waals surface area contributed by atoms with Gasteiger partial charge in [0.2, 0.25) is 0 Å². The van der Waals surface area contributed by atoms with Crippen LogP contribution in [-0.4, -0.2) is 0 Å². The summed E-state index contributed by atoms with van der Waals surface area (Å²) in [5.41, 5.74) is -0.326. The minimum absolute atomic E-state index is 0.326. The highest BCUT2D eigenvalue weighted by molar-refractivity contribution is 5.08. The lowest BCUT2D eigenvalue weighted by Crippen LogP contribution is -2.13. The number of nitriles is 2. The van der Waals surface area contributed by atoms with Crippen molar-refractivity contribution in [2.45, 2.75) is 33.1 Å². The van der Waals surface area contributed by atoms with Gasteiger partial charge in [0.05, 0.1) is 24.0 Å². The summed E-state index contributed by atoms with van der Waals surface area (Å²) in [6.07, 6.45) is 2.20. The Labute approximate surface area is 73.8 Å². The number of nitrogens with zero attached hydrogens (tertiary/aromatic N) is 2. The quantitative estimate of drug-likeness (QED) is 0.594. The molecule has 0 unspecified atom stereocenters. The largest absolute Gasteiger partial charge is 0.198 e.